The first-order valence-corrected chi connectivity index (χ1v) is 5.64. The van der Waals surface area contributed by atoms with Crippen LogP contribution in [-0.2, 0) is 0 Å². The lowest BCUT2D eigenvalue weighted by atomic mass is 10.1. The second-order valence-corrected chi connectivity index (χ2v) is 4.19. The fourth-order valence-electron chi connectivity index (χ4n) is 1.61. The minimum absolute atomic E-state index is 0.612. The van der Waals surface area contributed by atoms with Crippen LogP contribution in [0.1, 0.15) is 30.7 Å². The molecule has 90 valence electrons. The van der Waals surface area contributed by atoms with Gasteiger partial charge in [-0.3, -0.25) is 0 Å². The van der Waals surface area contributed by atoms with E-state index in [2.05, 4.69) is 22.8 Å². The highest BCUT2D eigenvalue weighted by molar-refractivity contribution is 5.57. The molecule has 0 saturated carbocycles. The van der Waals surface area contributed by atoms with Gasteiger partial charge < -0.3 is 4.90 Å². The van der Waals surface area contributed by atoms with Gasteiger partial charge in [0.25, 0.3) is 0 Å². The number of aromatic nitrogens is 2. The molecule has 0 aliphatic carbocycles. The molecule has 4 heteroatoms. The van der Waals surface area contributed by atoms with Gasteiger partial charge in [0.15, 0.2) is 5.82 Å². The fraction of sp³-hybridized carbons (Fsp3) is 0.462. The Labute approximate surface area is 103 Å². The molecular weight excluding hydrogens is 212 g/mol. The Balaban J connectivity index is 3.25. The van der Waals surface area contributed by atoms with E-state index < -0.39 is 0 Å². The molecule has 0 radical (unpaired) electrons. The molecular formula is C13H18N4. The van der Waals surface area contributed by atoms with Crippen molar-refractivity contribution in [1.29, 1.82) is 5.26 Å². The van der Waals surface area contributed by atoms with Crippen LogP contribution in [-0.4, -0.2) is 23.3 Å². The molecule has 1 heterocycles. The van der Waals surface area contributed by atoms with Gasteiger partial charge in [0.1, 0.15) is 11.6 Å². The number of likely N-dealkylation sites (N-methyl/N-ethyl adjacent to an activating group) is 1. The molecule has 0 atom stereocenters. The van der Waals surface area contributed by atoms with Crippen molar-refractivity contribution in [3.05, 3.63) is 29.0 Å². The van der Waals surface area contributed by atoms with Crippen molar-refractivity contribution in [1.82, 2.24) is 10.2 Å². The van der Waals surface area contributed by atoms with Crippen LogP contribution in [0, 0.1) is 25.2 Å². The van der Waals surface area contributed by atoms with Gasteiger partial charge >= 0.3 is 0 Å². The molecule has 0 unspecified atom stereocenters. The molecule has 0 fully saturated rings. The Hall–Kier alpha value is -1.89. The largest absolute Gasteiger partial charge is 0.350 e. The van der Waals surface area contributed by atoms with Crippen LogP contribution < -0.4 is 4.90 Å². The van der Waals surface area contributed by atoms with Crippen molar-refractivity contribution in [3.8, 4) is 6.07 Å². The smallest absolute Gasteiger partial charge is 0.169 e. The number of nitrogens with zero attached hydrogens (tertiary/aromatic N) is 4. The number of aryl methyl sites for hydroxylation is 1. The van der Waals surface area contributed by atoms with E-state index in [4.69, 9.17) is 0 Å². The van der Waals surface area contributed by atoms with E-state index in [1.165, 1.54) is 0 Å². The number of hydrogen-bond donors (Lipinski definition) is 0. The Kier molecular flexibility index (Phi) is 4.22. The van der Waals surface area contributed by atoms with Gasteiger partial charge in [0, 0.05) is 13.1 Å². The molecule has 0 aliphatic heterocycles. The average molecular weight is 230 g/mol. The van der Waals surface area contributed by atoms with E-state index >= 15 is 0 Å². The van der Waals surface area contributed by atoms with Crippen LogP contribution in [0.15, 0.2) is 12.2 Å². The van der Waals surface area contributed by atoms with Crippen LogP contribution >= 0.6 is 0 Å². The summed E-state index contributed by atoms with van der Waals surface area (Å²) in [6.07, 6.45) is 0. The second kappa shape index (κ2) is 5.44. The highest BCUT2D eigenvalue weighted by Gasteiger charge is 2.15. The minimum atomic E-state index is 0.612. The lowest BCUT2D eigenvalue weighted by Crippen LogP contribution is -2.27. The molecule has 1 rings (SSSR count). The second-order valence-electron chi connectivity index (χ2n) is 4.19. The third-order valence-electron chi connectivity index (χ3n) is 2.69. The zero-order chi connectivity index (χ0) is 13.0. The lowest BCUT2D eigenvalue weighted by molar-refractivity contribution is 0.821. The van der Waals surface area contributed by atoms with Crippen molar-refractivity contribution >= 4 is 5.82 Å². The van der Waals surface area contributed by atoms with Gasteiger partial charge in [-0.15, -0.1) is 5.10 Å². The normalized spacial score (nSPS) is 9.82. The molecule has 0 amide bonds. The highest BCUT2D eigenvalue weighted by atomic mass is 15.3. The number of anilines is 1. The van der Waals surface area contributed by atoms with E-state index in [1.54, 1.807) is 0 Å². The molecule has 0 saturated heterocycles. The maximum Gasteiger partial charge on any atom is 0.169 e. The Bertz CT molecular complexity index is 471. The molecule has 1 aromatic rings. The first-order chi connectivity index (χ1) is 8.01. The van der Waals surface area contributed by atoms with Crippen molar-refractivity contribution in [2.24, 2.45) is 0 Å². The molecule has 0 aromatic carbocycles. The summed E-state index contributed by atoms with van der Waals surface area (Å²) in [6, 6.07) is 2.22. The van der Waals surface area contributed by atoms with Crippen LogP contribution in [0.3, 0.4) is 0 Å². The van der Waals surface area contributed by atoms with Crippen LogP contribution in [0.25, 0.3) is 0 Å². The van der Waals surface area contributed by atoms with E-state index in [-0.39, 0.29) is 0 Å². The van der Waals surface area contributed by atoms with Crippen LogP contribution in [0.5, 0.6) is 0 Å². The first-order valence-electron chi connectivity index (χ1n) is 5.64. The average Bonchev–Trinajstić information content (AvgIpc) is 2.29. The number of hydrogen-bond acceptors (Lipinski definition) is 4. The molecule has 1 aromatic heterocycles. The van der Waals surface area contributed by atoms with Crippen LogP contribution in [0.2, 0.25) is 0 Å². The SMILES string of the molecule is C=C(C)CN(CC)c1nnc(C)c(C)c1C#N. The first kappa shape index (κ1) is 13.2. The molecule has 17 heavy (non-hydrogen) atoms. The number of nitriles is 1. The summed E-state index contributed by atoms with van der Waals surface area (Å²) < 4.78 is 0. The van der Waals surface area contributed by atoms with Gasteiger partial charge in [-0.1, -0.05) is 12.2 Å². The molecule has 0 spiro atoms. The zero-order valence-corrected chi connectivity index (χ0v) is 10.9. The van der Waals surface area contributed by atoms with E-state index in [0.717, 1.165) is 23.4 Å². The Morgan fingerprint density at radius 3 is 2.53 bits per heavy atom. The van der Waals surface area contributed by atoms with Crippen molar-refractivity contribution in [2.45, 2.75) is 27.7 Å². The number of rotatable bonds is 4. The summed E-state index contributed by atoms with van der Waals surface area (Å²) in [4.78, 5) is 2.01. The van der Waals surface area contributed by atoms with Gasteiger partial charge in [0.05, 0.1) is 5.69 Å². The highest BCUT2D eigenvalue weighted by Crippen LogP contribution is 2.21. The summed E-state index contributed by atoms with van der Waals surface area (Å²) in [5.41, 5.74) is 3.35. The predicted octanol–water partition coefficient (Wildman–Crippen LogP) is 2.37. The van der Waals surface area contributed by atoms with Crippen LogP contribution in [0.4, 0.5) is 5.82 Å². The Morgan fingerprint density at radius 1 is 1.41 bits per heavy atom. The van der Waals surface area contributed by atoms with Gasteiger partial charge in [-0.2, -0.15) is 10.4 Å². The molecule has 0 bridgehead atoms. The maximum atomic E-state index is 9.24. The Morgan fingerprint density at radius 2 is 2.06 bits per heavy atom. The summed E-state index contributed by atoms with van der Waals surface area (Å²) in [6.45, 7) is 13.1. The van der Waals surface area contributed by atoms with E-state index in [1.807, 2.05) is 32.6 Å². The zero-order valence-electron chi connectivity index (χ0n) is 10.9. The predicted molar refractivity (Wildman–Crippen MR) is 68.9 cm³/mol. The van der Waals surface area contributed by atoms with Gasteiger partial charge in [-0.25, -0.2) is 0 Å². The van der Waals surface area contributed by atoms with Gasteiger partial charge in [0.2, 0.25) is 0 Å². The summed E-state index contributed by atoms with van der Waals surface area (Å²) >= 11 is 0. The monoisotopic (exact) mass is 230 g/mol. The third kappa shape index (κ3) is 2.82. The summed E-state index contributed by atoms with van der Waals surface area (Å²) in [7, 11) is 0. The van der Waals surface area contributed by atoms with Gasteiger partial charge in [-0.05, 0) is 33.3 Å². The van der Waals surface area contributed by atoms with Crippen molar-refractivity contribution < 1.29 is 0 Å². The third-order valence-corrected chi connectivity index (χ3v) is 2.69. The standard InChI is InChI=1S/C13H18N4/c1-6-17(8-9(2)3)13-12(7-14)10(4)11(5)15-16-13/h2,6,8H2,1,3-5H3. The molecule has 4 nitrogen and oxygen atoms in total. The maximum absolute atomic E-state index is 9.24. The fourth-order valence-corrected chi connectivity index (χ4v) is 1.61. The quantitative estimate of drug-likeness (QED) is 0.745. The molecule has 0 N–H and O–H groups in total. The van der Waals surface area contributed by atoms with E-state index in [9.17, 15) is 5.26 Å². The van der Waals surface area contributed by atoms with Crippen molar-refractivity contribution in [2.75, 3.05) is 18.0 Å². The summed E-state index contributed by atoms with van der Waals surface area (Å²) in [5.74, 6) is 0.654. The minimum Gasteiger partial charge on any atom is -0.350 e. The van der Waals surface area contributed by atoms with Crippen molar-refractivity contribution in [3.63, 3.8) is 0 Å². The summed E-state index contributed by atoms with van der Waals surface area (Å²) in [5, 5.41) is 17.5. The molecule has 0 aliphatic rings. The van der Waals surface area contributed by atoms with E-state index in [0.29, 0.717) is 17.9 Å². The lowest BCUT2D eigenvalue weighted by Gasteiger charge is -2.23. The topological polar surface area (TPSA) is 52.8 Å².